The molecule has 0 fully saturated rings. The first-order chi connectivity index (χ1) is 10.6. The minimum Gasteiger partial charge on any atom is -0.455 e. The number of ether oxygens (including phenoxy) is 1. The minimum absolute atomic E-state index is 0.300. The summed E-state index contributed by atoms with van der Waals surface area (Å²) in [6.07, 6.45) is 0.604. The fourth-order valence-corrected chi connectivity index (χ4v) is 2.07. The van der Waals surface area contributed by atoms with Gasteiger partial charge in [-0.3, -0.25) is 9.59 Å². The van der Waals surface area contributed by atoms with Crippen LogP contribution < -0.4 is 5.32 Å². The van der Waals surface area contributed by atoms with Gasteiger partial charge in [-0.15, -0.1) is 0 Å². The molecule has 6 nitrogen and oxygen atoms in total. The van der Waals surface area contributed by atoms with Gasteiger partial charge in [-0.05, 0) is 18.9 Å². The molecular weight excluding hydrogens is 284 g/mol. The van der Waals surface area contributed by atoms with Crippen LogP contribution in [0.15, 0.2) is 40.9 Å². The Bertz CT molecular complexity index is 637. The Morgan fingerprint density at radius 1 is 1.32 bits per heavy atom. The second-order valence-corrected chi connectivity index (χ2v) is 4.85. The van der Waals surface area contributed by atoms with E-state index in [1.54, 1.807) is 13.0 Å². The number of amides is 1. The minimum atomic E-state index is -0.454. The zero-order valence-corrected chi connectivity index (χ0v) is 12.5. The quantitative estimate of drug-likeness (QED) is 0.830. The Labute approximate surface area is 128 Å². The maximum absolute atomic E-state index is 12.1. The van der Waals surface area contributed by atoms with Crippen LogP contribution in [0.25, 0.3) is 0 Å². The number of nitrogens with one attached hydrogen (secondary N) is 1. The van der Waals surface area contributed by atoms with Crippen molar-refractivity contribution in [1.29, 1.82) is 0 Å². The van der Waals surface area contributed by atoms with Crippen LogP contribution in [-0.4, -0.2) is 23.6 Å². The smallest absolute Gasteiger partial charge is 0.313 e. The highest BCUT2D eigenvalue weighted by Gasteiger charge is 2.21. The highest BCUT2D eigenvalue weighted by atomic mass is 16.5. The van der Waals surface area contributed by atoms with Crippen LogP contribution in [0.5, 0.6) is 0 Å². The molecule has 6 heteroatoms. The summed E-state index contributed by atoms with van der Waals surface area (Å²) in [5.74, 6) is -0.357. The molecule has 1 heterocycles. The van der Waals surface area contributed by atoms with Crippen LogP contribution in [0.4, 0.5) is 5.82 Å². The summed E-state index contributed by atoms with van der Waals surface area (Å²) in [6.45, 7) is 3.26. The van der Waals surface area contributed by atoms with Gasteiger partial charge in [-0.1, -0.05) is 42.4 Å². The van der Waals surface area contributed by atoms with Crippen LogP contribution in [0, 0.1) is 6.92 Å². The Morgan fingerprint density at radius 2 is 2.05 bits per heavy atom. The molecule has 22 heavy (non-hydrogen) atoms. The van der Waals surface area contributed by atoms with Crippen LogP contribution in [0.2, 0.25) is 0 Å². The number of rotatable bonds is 6. The van der Waals surface area contributed by atoms with Gasteiger partial charge < -0.3 is 14.6 Å². The Morgan fingerprint density at radius 3 is 2.64 bits per heavy atom. The first-order valence-electron chi connectivity index (χ1n) is 7.05. The Kier molecular flexibility index (Phi) is 5.30. The molecule has 2 rings (SSSR count). The first-order valence-corrected chi connectivity index (χ1v) is 7.05. The number of aromatic nitrogens is 1. The van der Waals surface area contributed by atoms with Gasteiger partial charge in [-0.2, -0.15) is 0 Å². The van der Waals surface area contributed by atoms with E-state index < -0.39 is 11.9 Å². The molecule has 1 amide bonds. The van der Waals surface area contributed by atoms with E-state index in [0.717, 1.165) is 5.56 Å². The lowest BCUT2D eigenvalue weighted by atomic mass is 9.97. The zero-order chi connectivity index (χ0) is 15.9. The summed E-state index contributed by atoms with van der Waals surface area (Å²) < 4.78 is 9.91. The lowest BCUT2D eigenvalue weighted by Crippen LogP contribution is -2.24. The van der Waals surface area contributed by atoms with Crippen molar-refractivity contribution in [3.63, 3.8) is 0 Å². The SMILES string of the molecule is CCC(C(=O)OCC(=O)Nc1cc(C)on1)c1ccccc1. The second kappa shape index (κ2) is 7.40. The van der Waals surface area contributed by atoms with Gasteiger partial charge in [0.25, 0.3) is 5.91 Å². The summed E-state index contributed by atoms with van der Waals surface area (Å²) >= 11 is 0. The molecule has 0 radical (unpaired) electrons. The van der Waals surface area contributed by atoms with Crippen molar-refractivity contribution < 1.29 is 18.8 Å². The molecule has 0 bridgehead atoms. The van der Waals surface area contributed by atoms with Crippen LogP contribution in [-0.2, 0) is 14.3 Å². The van der Waals surface area contributed by atoms with E-state index in [1.165, 1.54) is 0 Å². The van der Waals surface area contributed by atoms with Crippen LogP contribution in [0.1, 0.15) is 30.6 Å². The predicted octanol–water partition coefficient (Wildman–Crippen LogP) is 2.66. The third-order valence-corrected chi connectivity index (χ3v) is 3.14. The fourth-order valence-electron chi connectivity index (χ4n) is 2.07. The van der Waals surface area contributed by atoms with Gasteiger partial charge in [0.1, 0.15) is 5.76 Å². The number of esters is 1. The molecule has 116 valence electrons. The van der Waals surface area contributed by atoms with Gasteiger partial charge in [0.05, 0.1) is 5.92 Å². The normalized spacial score (nSPS) is 11.7. The van der Waals surface area contributed by atoms with Gasteiger partial charge in [-0.25, -0.2) is 0 Å². The van der Waals surface area contributed by atoms with Gasteiger partial charge >= 0.3 is 5.97 Å². The lowest BCUT2D eigenvalue weighted by Gasteiger charge is -2.14. The van der Waals surface area contributed by atoms with Crippen LogP contribution in [0.3, 0.4) is 0 Å². The van der Waals surface area contributed by atoms with Crippen molar-refractivity contribution in [2.45, 2.75) is 26.2 Å². The number of hydrogen-bond donors (Lipinski definition) is 1. The Hall–Kier alpha value is -2.63. The molecular formula is C16H18N2O4. The molecule has 1 atom stereocenters. The molecule has 2 aromatic rings. The molecule has 1 aromatic heterocycles. The lowest BCUT2D eigenvalue weighted by molar-refractivity contribution is -0.149. The molecule has 0 spiro atoms. The monoisotopic (exact) mass is 302 g/mol. The molecule has 0 aliphatic rings. The van der Waals surface area contributed by atoms with Crippen LogP contribution >= 0.6 is 0 Å². The summed E-state index contributed by atoms with van der Waals surface area (Å²) in [4.78, 5) is 23.8. The maximum atomic E-state index is 12.1. The molecule has 0 saturated carbocycles. The van der Waals surface area contributed by atoms with Crippen molar-refractivity contribution in [2.24, 2.45) is 0 Å². The maximum Gasteiger partial charge on any atom is 0.313 e. The standard InChI is InChI=1S/C16H18N2O4/c1-3-13(12-7-5-4-6-8-12)16(20)21-10-15(19)17-14-9-11(2)22-18-14/h4-9,13H,3,10H2,1-2H3,(H,17,18,19). The van der Waals surface area contributed by atoms with Gasteiger partial charge in [0.2, 0.25) is 0 Å². The van der Waals surface area contributed by atoms with Crippen molar-refractivity contribution in [3.8, 4) is 0 Å². The van der Waals surface area contributed by atoms with E-state index in [4.69, 9.17) is 9.26 Å². The number of aryl methyl sites for hydroxylation is 1. The van der Waals surface area contributed by atoms with E-state index in [9.17, 15) is 9.59 Å². The van der Waals surface area contributed by atoms with Crippen molar-refractivity contribution in [1.82, 2.24) is 5.16 Å². The van der Waals surface area contributed by atoms with E-state index >= 15 is 0 Å². The highest BCUT2D eigenvalue weighted by Crippen LogP contribution is 2.20. The topological polar surface area (TPSA) is 81.4 Å². The fraction of sp³-hybridized carbons (Fsp3) is 0.312. The Balaban J connectivity index is 1.87. The molecule has 1 aromatic carbocycles. The highest BCUT2D eigenvalue weighted by molar-refractivity contribution is 5.92. The average Bonchev–Trinajstić information content (AvgIpc) is 2.92. The number of carbonyl (C=O) groups excluding carboxylic acids is 2. The third kappa shape index (κ3) is 4.18. The number of anilines is 1. The number of carbonyl (C=O) groups is 2. The largest absolute Gasteiger partial charge is 0.455 e. The predicted molar refractivity (Wildman–Crippen MR) is 80.3 cm³/mol. The summed E-state index contributed by atoms with van der Waals surface area (Å²) in [7, 11) is 0. The van der Waals surface area contributed by atoms with E-state index in [1.807, 2.05) is 37.3 Å². The summed E-state index contributed by atoms with van der Waals surface area (Å²) in [5, 5.41) is 6.13. The summed E-state index contributed by atoms with van der Waals surface area (Å²) in [6, 6.07) is 10.9. The zero-order valence-electron chi connectivity index (χ0n) is 12.5. The number of hydrogen-bond acceptors (Lipinski definition) is 5. The second-order valence-electron chi connectivity index (χ2n) is 4.85. The molecule has 1 N–H and O–H groups in total. The van der Waals surface area contributed by atoms with Crippen molar-refractivity contribution >= 4 is 17.7 Å². The molecule has 0 saturated heterocycles. The van der Waals surface area contributed by atoms with E-state index in [0.29, 0.717) is 18.0 Å². The van der Waals surface area contributed by atoms with Gasteiger partial charge in [0, 0.05) is 6.07 Å². The first kappa shape index (κ1) is 15.8. The average molecular weight is 302 g/mol. The third-order valence-electron chi connectivity index (χ3n) is 3.14. The molecule has 1 unspecified atom stereocenters. The molecule has 0 aliphatic carbocycles. The van der Waals surface area contributed by atoms with E-state index in [2.05, 4.69) is 10.5 Å². The van der Waals surface area contributed by atoms with Crippen molar-refractivity contribution in [3.05, 3.63) is 47.7 Å². The molecule has 0 aliphatic heterocycles. The number of nitrogens with zero attached hydrogens (tertiary/aromatic N) is 1. The van der Waals surface area contributed by atoms with E-state index in [-0.39, 0.29) is 12.5 Å². The number of benzene rings is 1. The van der Waals surface area contributed by atoms with Gasteiger partial charge in [0.15, 0.2) is 12.4 Å². The van der Waals surface area contributed by atoms with Crippen molar-refractivity contribution in [2.75, 3.05) is 11.9 Å². The summed E-state index contributed by atoms with van der Waals surface area (Å²) in [5.41, 5.74) is 0.877.